The van der Waals surface area contributed by atoms with E-state index in [0.29, 0.717) is 12.3 Å². The molecule has 1 aromatic heterocycles. The number of imidazole rings is 1. The number of hydrogen-bond donors (Lipinski definition) is 3. The summed E-state index contributed by atoms with van der Waals surface area (Å²) in [5, 5.41) is 13.1. The quantitative estimate of drug-likeness (QED) is 0.501. The van der Waals surface area contributed by atoms with Crippen molar-refractivity contribution in [2.45, 2.75) is 24.8 Å². The number of ether oxygens (including phenoxy) is 1. The summed E-state index contributed by atoms with van der Waals surface area (Å²) in [6.07, 6.45) is -3.10. The minimum Gasteiger partial charge on any atom is -0.380 e. The number of para-hydroxylation sites is 1. The van der Waals surface area contributed by atoms with Crippen molar-refractivity contribution in [3.05, 3.63) is 48.0 Å². The minimum atomic E-state index is -4.91. The van der Waals surface area contributed by atoms with E-state index in [0.717, 1.165) is 10.1 Å². The van der Waals surface area contributed by atoms with E-state index in [9.17, 15) is 18.3 Å². The monoisotopic (exact) mass is 385 g/mol. The number of nitrogens with zero attached hydrogens (tertiary/aromatic N) is 3. The molecule has 4 N–H and O–H groups in total. The molecule has 10 heteroatoms. The largest absolute Gasteiger partial charge is 0.424 e. The van der Waals surface area contributed by atoms with E-state index >= 15 is 0 Å². The molecule has 148 valence electrons. The van der Waals surface area contributed by atoms with Crippen molar-refractivity contribution in [2.24, 2.45) is 17.8 Å². The Balaban J connectivity index is 2.11. The number of anilines is 1. The lowest BCUT2D eigenvalue weighted by atomic mass is 9.98. The van der Waals surface area contributed by atoms with E-state index in [2.05, 4.69) is 15.3 Å². The average molecular weight is 385 g/mol. The van der Waals surface area contributed by atoms with Gasteiger partial charge in [0.05, 0.1) is 6.61 Å². The summed E-state index contributed by atoms with van der Waals surface area (Å²) in [4.78, 5) is 7.54. The summed E-state index contributed by atoms with van der Waals surface area (Å²) < 4.78 is 46.5. The molecule has 0 aliphatic heterocycles. The fourth-order valence-electron chi connectivity index (χ4n) is 2.58. The molecule has 27 heavy (non-hydrogen) atoms. The highest BCUT2D eigenvalue weighted by atomic mass is 19.4. The lowest BCUT2D eigenvalue weighted by Crippen LogP contribution is -2.45. The molecule has 0 radical (unpaired) electrons. The first-order chi connectivity index (χ1) is 12.7. The van der Waals surface area contributed by atoms with Crippen molar-refractivity contribution in [1.29, 1.82) is 0 Å². The third-order valence-electron chi connectivity index (χ3n) is 4.00. The van der Waals surface area contributed by atoms with Gasteiger partial charge in [0.25, 0.3) is 0 Å². The Morgan fingerprint density at radius 3 is 2.67 bits per heavy atom. The molecular formula is C17H22F3N5O2. The predicted octanol–water partition coefficient (Wildman–Crippen LogP) is 2.13. The summed E-state index contributed by atoms with van der Waals surface area (Å²) in [5.74, 6) is -0.565. The van der Waals surface area contributed by atoms with E-state index in [4.69, 9.17) is 10.5 Å². The van der Waals surface area contributed by atoms with Gasteiger partial charge in [-0.1, -0.05) is 18.2 Å². The molecule has 1 heterocycles. The van der Waals surface area contributed by atoms with E-state index in [-0.39, 0.29) is 12.5 Å². The van der Waals surface area contributed by atoms with Crippen LogP contribution in [-0.2, 0) is 24.0 Å². The summed E-state index contributed by atoms with van der Waals surface area (Å²) in [6, 6.07) is 7.17. The van der Waals surface area contributed by atoms with E-state index in [1.54, 1.807) is 19.2 Å². The fourth-order valence-corrected chi connectivity index (χ4v) is 2.58. The molecule has 1 atom stereocenters. The van der Waals surface area contributed by atoms with E-state index < -0.39 is 24.0 Å². The maximum absolute atomic E-state index is 13.4. The van der Waals surface area contributed by atoms with Crippen molar-refractivity contribution < 1.29 is 23.0 Å². The SMILES string of the molecule is COCc1ccccc1NC(N)=NCCC(O)(c1nccn1C)C(F)(F)F. The smallest absolute Gasteiger partial charge is 0.380 e. The highest BCUT2D eigenvalue weighted by molar-refractivity contribution is 5.92. The van der Waals surface area contributed by atoms with Crippen LogP contribution in [0.4, 0.5) is 18.9 Å². The zero-order valence-corrected chi connectivity index (χ0v) is 15.0. The summed E-state index contributed by atoms with van der Waals surface area (Å²) in [7, 11) is 2.93. The number of halogens is 3. The second-order valence-electron chi connectivity index (χ2n) is 5.95. The maximum Gasteiger partial charge on any atom is 0.424 e. The van der Waals surface area contributed by atoms with Crippen molar-refractivity contribution >= 4 is 11.6 Å². The third-order valence-corrected chi connectivity index (χ3v) is 4.00. The molecular weight excluding hydrogens is 363 g/mol. The van der Waals surface area contributed by atoms with Crippen molar-refractivity contribution in [2.75, 3.05) is 19.0 Å². The Labute approximate surface area is 154 Å². The number of guanidine groups is 1. The van der Waals surface area contributed by atoms with Crippen molar-refractivity contribution in [3.8, 4) is 0 Å². The van der Waals surface area contributed by atoms with Gasteiger partial charge in [-0.3, -0.25) is 4.99 Å². The number of alkyl halides is 3. The van der Waals surface area contributed by atoms with Crippen LogP contribution in [0.2, 0.25) is 0 Å². The molecule has 1 aromatic carbocycles. The average Bonchev–Trinajstić information content (AvgIpc) is 3.02. The predicted molar refractivity (Wildman–Crippen MR) is 95.0 cm³/mol. The second-order valence-corrected chi connectivity index (χ2v) is 5.95. The molecule has 2 aromatic rings. The third kappa shape index (κ3) is 4.77. The number of rotatable bonds is 7. The Kier molecular flexibility index (Phi) is 6.45. The molecule has 7 nitrogen and oxygen atoms in total. The highest BCUT2D eigenvalue weighted by Gasteiger charge is 2.57. The molecule has 0 fully saturated rings. The molecule has 0 spiro atoms. The van der Waals surface area contributed by atoms with Crippen LogP contribution in [-0.4, -0.2) is 40.4 Å². The topological polar surface area (TPSA) is 97.7 Å². The molecule has 0 aliphatic carbocycles. The van der Waals surface area contributed by atoms with Crippen LogP contribution < -0.4 is 11.1 Å². The van der Waals surface area contributed by atoms with Crippen LogP contribution in [0.5, 0.6) is 0 Å². The number of benzene rings is 1. The highest BCUT2D eigenvalue weighted by Crippen LogP contribution is 2.40. The molecule has 0 amide bonds. The van der Waals surface area contributed by atoms with E-state index in [1.165, 1.54) is 19.4 Å². The zero-order chi connectivity index (χ0) is 20.1. The number of aliphatic hydroxyl groups is 1. The van der Waals surface area contributed by atoms with Gasteiger partial charge < -0.3 is 25.5 Å². The zero-order valence-electron chi connectivity index (χ0n) is 15.0. The first-order valence-electron chi connectivity index (χ1n) is 8.09. The molecule has 0 bridgehead atoms. The lowest BCUT2D eigenvalue weighted by molar-refractivity contribution is -0.272. The summed E-state index contributed by atoms with van der Waals surface area (Å²) in [6.45, 7) is -0.0163. The number of nitrogens with two attached hydrogens (primary N) is 1. The Hall–Kier alpha value is -2.59. The van der Waals surface area contributed by atoms with Crippen molar-refractivity contribution in [1.82, 2.24) is 9.55 Å². The van der Waals surface area contributed by atoms with Crippen LogP contribution in [0.15, 0.2) is 41.7 Å². The Morgan fingerprint density at radius 1 is 1.37 bits per heavy atom. The second kappa shape index (κ2) is 8.40. The minimum absolute atomic E-state index is 0.0667. The molecule has 1 unspecified atom stereocenters. The van der Waals surface area contributed by atoms with E-state index in [1.807, 2.05) is 12.1 Å². The lowest BCUT2D eigenvalue weighted by Gasteiger charge is -2.29. The van der Waals surface area contributed by atoms with Gasteiger partial charge in [-0.25, -0.2) is 4.98 Å². The van der Waals surface area contributed by atoms with Crippen LogP contribution in [0.1, 0.15) is 17.8 Å². The van der Waals surface area contributed by atoms with Gasteiger partial charge in [-0.2, -0.15) is 13.2 Å². The van der Waals surface area contributed by atoms with Crippen molar-refractivity contribution in [3.63, 3.8) is 0 Å². The standard InChI is InChI=1S/C17H22F3N5O2/c1-25-10-9-22-14(25)16(26,17(18,19)20)7-8-23-15(21)24-13-6-4-3-5-12(13)11-27-2/h3-6,9-10,26H,7-8,11H2,1-2H3,(H3,21,23,24). The Bertz CT molecular complexity index is 791. The first kappa shape index (κ1) is 20.7. The van der Waals surface area contributed by atoms with Gasteiger partial charge in [0.15, 0.2) is 5.96 Å². The molecule has 0 saturated heterocycles. The normalized spacial score (nSPS) is 14.8. The number of methoxy groups -OCH3 is 1. The van der Waals surface area contributed by atoms with Crippen LogP contribution >= 0.6 is 0 Å². The van der Waals surface area contributed by atoms with Gasteiger partial charge in [0.1, 0.15) is 5.82 Å². The molecule has 0 saturated carbocycles. The molecule has 0 aliphatic rings. The number of aliphatic imine (C=N–C) groups is 1. The number of aromatic nitrogens is 2. The van der Waals surface area contributed by atoms with Crippen LogP contribution in [0.25, 0.3) is 0 Å². The van der Waals surface area contributed by atoms with Gasteiger partial charge >= 0.3 is 6.18 Å². The summed E-state index contributed by atoms with van der Waals surface area (Å²) >= 11 is 0. The van der Waals surface area contributed by atoms with Gasteiger partial charge in [-0.05, 0) is 6.07 Å². The van der Waals surface area contributed by atoms with Gasteiger partial charge in [-0.15, -0.1) is 0 Å². The fraction of sp³-hybridized carbons (Fsp3) is 0.412. The summed E-state index contributed by atoms with van der Waals surface area (Å²) in [5.41, 5.74) is 4.10. The number of hydrogen-bond acceptors (Lipinski definition) is 4. The number of nitrogens with one attached hydrogen (secondary N) is 1. The van der Waals surface area contributed by atoms with Gasteiger partial charge in [0.2, 0.25) is 5.60 Å². The number of aryl methyl sites for hydroxylation is 1. The van der Waals surface area contributed by atoms with Gasteiger partial charge in [0, 0.05) is 50.8 Å². The molecule has 2 rings (SSSR count). The first-order valence-corrected chi connectivity index (χ1v) is 8.09. The van der Waals surface area contributed by atoms with Crippen LogP contribution in [0, 0.1) is 0 Å². The Morgan fingerprint density at radius 2 is 2.07 bits per heavy atom. The van der Waals surface area contributed by atoms with Crippen LogP contribution in [0.3, 0.4) is 0 Å². The maximum atomic E-state index is 13.4.